The lowest BCUT2D eigenvalue weighted by Gasteiger charge is -2.15. The van der Waals surface area contributed by atoms with Gasteiger partial charge in [0.2, 0.25) is 11.8 Å². The molecular weight excluding hydrogens is 790 g/mol. The molecule has 0 aliphatic heterocycles. The highest BCUT2D eigenvalue weighted by Gasteiger charge is 2.16. The average Bonchev–Trinajstić information content (AvgIpc) is 3.77. The van der Waals surface area contributed by atoms with Gasteiger partial charge in [0.05, 0.1) is 5.69 Å². The Morgan fingerprint density at radius 2 is 1.11 bits per heavy atom. The largest absolute Gasteiger partial charge is 0.342 e. The molecule has 0 aromatic heterocycles. The molecular formula is C53H76FN5O4. The number of aryl methyl sites for hydroxylation is 2. The number of carbonyl (C=O) groups is 4. The van der Waals surface area contributed by atoms with Gasteiger partial charge in [-0.15, -0.1) is 5.12 Å². The molecule has 0 atom stereocenters. The van der Waals surface area contributed by atoms with Crippen LogP contribution in [0.15, 0.2) is 109 Å². The Morgan fingerprint density at radius 3 is 1.60 bits per heavy atom. The number of hydrogen-bond acceptors (Lipinski definition) is 6. The summed E-state index contributed by atoms with van der Waals surface area (Å²) in [7, 11) is 0. The number of ketones is 1. The van der Waals surface area contributed by atoms with Crippen molar-refractivity contribution < 1.29 is 23.7 Å². The number of amides is 3. The summed E-state index contributed by atoms with van der Waals surface area (Å²) in [6, 6.07) is 29.6. The summed E-state index contributed by atoms with van der Waals surface area (Å²) in [5.74, 6) is 0.874. The smallest absolute Gasteiger partial charge is 0.251 e. The van der Waals surface area contributed by atoms with Gasteiger partial charge in [-0.3, -0.25) is 19.2 Å². The first-order valence-corrected chi connectivity index (χ1v) is 22.8. The molecule has 0 spiro atoms. The predicted molar refractivity (Wildman–Crippen MR) is 265 cm³/mol. The molecule has 0 radical (unpaired) electrons. The summed E-state index contributed by atoms with van der Waals surface area (Å²) in [4.78, 5) is 45.9. The second-order valence-electron chi connectivity index (χ2n) is 15.6. The van der Waals surface area contributed by atoms with Crippen LogP contribution < -0.4 is 26.4 Å². The maximum Gasteiger partial charge on any atom is 0.251 e. The molecule has 4 aromatic rings. The Bertz CT molecular complexity index is 1910. The summed E-state index contributed by atoms with van der Waals surface area (Å²) in [5, 5.41) is 12.4. The second kappa shape index (κ2) is 32.9. The molecule has 0 unspecified atom stereocenters. The number of halogens is 1. The van der Waals surface area contributed by atoms with E-state index in [0.29, 0.717) is 36.7 Å². The van der Waals surface area contributed by atoms with Crippen LogP contribution in [0, 0.1) is 19.8 Å². The molecule has 4 N–H and O–H groups in total. The van der Waals surface area contributed by atoms with E-state index < -0.39 is 5.91 Å². The van der Waals surface area contributed by atoms with Gasteiger partial charge in [-0.25, -0.2) is 0 Å². The lowest BCUT2D eigenvalue weighted by molar-refractivity contribution is -0.119. The SMILES string of the molecule is C=C(Nc1ccccc1)Nc1cc(CC(C)=O)cc(NC(=O)CCC2CCCC2)c1.CC.CC(=O)N(F)c1ccccc1.CCCC(=O)Nc1cc(C)cc(C)c1.CCCCCC. The molecule has 1 aliphatic carbocycles. The first-order chi connectivity index (χ1) is 30.2. The summed E-state index contributed by atoms with van der Waals surface area (Å²) >= 11 is 0. The molecule has 3 amide bonds. The normalized spacial score (nSPS) is 11.3. The van der Waals surface area contributed by atoms with E-state index in [4.69, 9.17) is 0 Å². The molecule has 4 aromatic carbocycles. The zero-order valence-corrected chi connectivity index (χ0v) is 39.7. The van der Waals surface area contributed by atoms with Gasteiger partial charge in [0.15, 0.2) is 0 Å². The quantitative estimate of drug-likeness (QED) is 0.0620. The number of rotatable bonds is 17. The van der Waals surface area contributed by atoms with E-state index in [2.05, 4.69) is 47.8 Å². The Kier molecular flexibility index (Phi) is 28.8. The van der Waals surface area contributed by atoms with Gasteiger partial charge >= 0.3 is 0 Å². The highest BCUT2D eigenvalue weighted by molar-refractivity contribution is 5.92. The van der Waals surface area contributed by atoms with Crippen LogP contribution in [0.2, 0.25) is 0 Å². The van der Waals surface area contributed by atoms with Gasteiger partial charge in [-0.1, -0.05) is 140 Å². The highest BCUT2D eigenvalue weighted by atomic mass is 19.2. The standard InChI is InChI=1S/C25H31N3O2.C12H17NO.C8H8FNO.C6H14.C2H6/c1-18(29)14-21-15-23(27-19(2)26-22-10-4-3-5-11-22)17-24(16-21)28-25(30)13-12-20-8-6-7-9-20;1-4-5-12(14)13-11-7-9(2)6-10(3)8-11;1-7(11)10(9)8-5-3-2-4-6-8;1-3-5-6-4-2;1-2/h3-5,10-11,15-17,20,26-27H,2,6-9,12-14H2,1H3,(H,28,30);6-8H,4-5H2,1-3H3,(H,13,14);2-6H,1H3;3-6H2,1-2H3;1-2H3. The number of benzene rings is 4. The van der Waals surface area contributed by atoms with E-state index in [1.807, 2.05) is 95.3 Å². The van der Waals surface area contributed by atoms with E-state index in [1.165, 1.54) is 81.5 Å². The third kappa shape index (κ3) is 25.7. The molecule has 0 bridgehead atoms. The number of nitrogens with one attached hydrogen (secondary N) is 4. The van der Waals surface area contributed by atoms with Crippen LogP contribution in [0.3, 0.4) is 0 Å². The summed E-state index contributed by atoms with van der Waals surface area (Å²) in [6.07, 6.45) is 13.9. The fourth-order valence-electron chi connectivity index (χ4n) is 6.72. The maximum absolute atomic E-state index is 12.7. The van der Waals surface area contributed by atoms with Gasteiger partial charge in [-0.05, 0) is 111 Å². The molecule has 0 heterocycles. The fraction of sp³-hybridized carbons (Fsp3) is 0.434. The van der Waals surface area contributed by atoms with Crippen LogP contribution in [0.25, 0.3) is 0 Å². The first kappa shape index (κ1) is 55.2. The molecule has 344 valence electrons. The van der Waals surface area contributed by atoms with E-state index >= 15 is 0 Å². The molecule has 10 heteroatoms. The van der Waals surface area contributed by atoms with Crippen molar-refractivity contribution in [2.75, 3.05) is 26.4 Å². The Labute approximate surface area is 378 Å². The monoisotopic (exact) mass is 866 g/mol. The lowest BCUT2D eigenvalue weighted by Crippen LogP contribution is -2.17. The van der Waals surface area contributed by atoms with E-state index in [1.54, 1.807) is 25.1 Å². The minimum Gasteiger partial charge on any atom is -0.342 e. The Hall–Kier alpha value is -5.77. The molecule has 9 nitrogen and oxygen atoms in total. The zero-order chi connectivity index (χ0) is 47.0. The molecule has 1 saturated carbocycles. The van der Waals surface area contributed by atoms with Crippen molar-refractivity contribution in [3.63, 3.8) is 0 Å². The highest BCUT2D eigenvalue weighted by Crippen LogP contribution is 2.29. The third-order valence-corrected chi connectivity index (χ3v) is 9.55. The van der Waals surface area contributed by atoms with Gasteiger partial charge in [0, 0.05) is 48.9 Å². The minimum absolute atomic E-state index is 0.0223. The molecule has 0 saturated heterocycles. The molecule has 1 fully saturated rings. The van der Waals surface area contributed by atoms with Gasteiger partial charge in [0.25, 0.3) is 5.91 Å². The van der Waals surface area contributed by atoms with Crippen molar-refractivity contribution in [1.29, 1.82) is 0 Å². The number of nitrogens with zero attached hydrogens (tertiary/aromatic N) is 1. The first-order valence-electron chi connectivity index (χ1n) is 22.8. The number of carbonyl (C=O) groups excluding carboxylic acids is 4. The van der Waals surface area contributed by atoms with Gasteiger partial charge in [-0.2, -0.15) is 0 Å². The van der Waals surface area contributed by atoms with Crippen LogP contribution in [-0.4, -0.2) is 23.5 Å². The van der Waals surface area contributed by atoms with E-state index in [0.717, 1.165) is 35.5 Å². The molecule has 63 heavy (non-hydrogen) atoms. The third-order valence-electron chi connectivity index (χ3n) is 9.55. The van der Waals surface area contributed by atoms with Gasteiger partial charge in [0.1, 0.15) is 11.6 Å². The predicted octanol–water partition coefficient (Wildman–Crippen LogP) is 14.3. The van der Waals surface area contributed by atoms with Crippen LogP contribution in [0.5, 0.6) is 0 Å². The maximum atomic E-state index is 12.7. The van der Waals surface area contributed by atoms with Crippen LogP contribution in [-0.2, 0) is 25.6 Å². The summed E-state index contributed by atoms with van der Waals surface area (Å²) in [5.41, 5.74) is 6.77. The molecule has 1 aliphatic rings. The van der Waals surface area contributed by atoms with E-state index in [9.17, 15) is 23.7 Å². The summed E-state index contributed by atoms with van der Waals surface area (Å²) in [6.45, 7) is 21.3. The van der Waals surface area contributed by atoms with Crippen molar-refractivity contribution in [2.24, 2.45) is 5.92 Å². The topological polar surface area (TPSA) is 120 Å². The zero-order valence-electron chi connectivity index (χ0n) is 39.7. The van der Waals surface area contributed by atoms with Crippen LogP contribution in [0.1, 0.15) is 142 Å². The van der Waals surface area contributed by atoms with Crippen LogP contribution >= 0.6 is 0 Å². The van der Waals surface area contributed by atoms with Crippen LogP contribution in [0.4, 0.5) is 32.9 Å². The fourth-order valence-corrected chi connectivity index (χ4v) is 6.72. The lowest BCUT2D eigenvalue weighted by atomic mass is 10.0. The van der Waals surface area contributed by atoms with Crippen molar-refractivity contribution in [3.8, 4) is 0 Å². The number of unbranched alkanes of at least 4 members (excludes halogenated alkanes) is 3. The number of Topliss-reactive ketones (excluding diaryl/α,β-unsaturated/α-hetero) is 1. The van der Waals surface area contributed by atoms with Gasteiger partial charge < -0.3 is 21.3 Å². The summed E-state index contributed by atoms with van der Waals surface area (Å²) < 4.78 is 12.7. The number of hydrogen-bond donors (Lipinski definition) is 4. The van der Waals surface area contributed by atoms with Crippen molar-refractivity contribution in [1.82, 2.24) is 0 Å². The Morgan fingerprint density at radius 1 is 0.635 bits per heavy atom. The van der Waals surface area contributed by atoms with Crippen molar-refractivity contribution >= 4 is 51.9 Å². The number of anilines is 5. The average molecular weight is 866 g/mol. The van der Waals surface area contributed by atoms with E-state index in [-0.39, 0.29) is 28.4 Å². The second-order valence-corrected chi connectivity index (χ2v) is 15.6. The Balaban J connectivity index is 0.000000495. The number of para-hydroxylation sites is 2. The molecule has 5 rings (SSSR count). The minimum atomic E-state index is -0.615. The van der Waals surface area contributed by atoms with Crippen molar-refractivity contribution in [2.45, 2.75) is 146 Å². The van der Waals surface area contributed by atoms with Crippen molar-refractivity contribution in [3.05, 3.63) is 126 Å².